The van der Waals surface area contributed by atoms with Crippen molar-refractivity contribution in [3.63, 3.8) is 0 Å². The van der Waals surface area contributed by atoms with Crippen LogP contribution in [0.2, 0.25) is 0 Å². The first-order chi connectivity index (χ1) is 10.8. The van der Waals surface area contributed by atoms with Gasteiger partial charge in [-0.25, -0.2) is 0 Å². The molecule has 1 fully saturated rings. The summed E-state index contributed by atoms with van der Waals surface area (Å²) >= 11 is 0. The second-order valence-electron chi connectivity index (χ2n) is 6.09. The van der Waals surface area contributed by atoms with Crippen LogP contribution in [-0.2, 0) is 4.74 Å². The number of benzene rings is 1. The molecule has 0 saturated carbocycles. The van der Waals surface area contributed by atoms with Crippen molar-refractivity contribution in [3.8, 4) is 0 Å². The lowest BCUT2D eigenvalue weighted by atomic mass is 9.92. The van der Waals surface area contributed by atoms with Gasteiger partial charge in [0, 0.05) is 25.2 Å². The molecule has 0 unspecified atom stereocenters. The summed E-state index contributed by atoms with van der Waals surface area (Å²) in [5, 5.41) is 0. The van der Waals surface area contributed by atoms with Crippen LogP contribution < -0.4 is 0 Å². The Morgan fingerprint density at radius 2 is 1.86 bits per heavy atom. The highest BCUT2D eigenvalue weighted by atomic mass is 16.5. The van der Waals surface area contributed by atoms with Gasteiger partial charge in [0.2, 0.25) is 0 Å². The van der Waals surface area contributed by atoms with Crippen molar-refractivity contribution < 1.29 is 9.15 Å². The highest BCUT2D eigenvalue weighted by Crippen LogP contribution is 2.29. The highest BCUT2D eigenvalue weighted by Gasteiger charge is 2.21. The molecular weight excluding hydrogens is 274 g/mol. The van der Waals surface area contributed by atoms with Crippen molar-refractivity contribution in [2.24, 2.45) is 0 Å². The maximum atomic E-state index is 5.69. The van der Waals surface area contributed by atoms with Crippen LogP contribution in [0, 0.1) is 0 Å². The molecule has 22 heavy (non-hydrogen) atoms. The smallest absolute Gasteiger partial charge is 0.111 e. The molecule has 0 amide bonds. The molecule has 1 atom stereocenters. The first-order valence-corrected chi connectivity index (χ1v) is 8.21. The zero-order valence-corrected chi connectivity index (χ0v) is 13.3. The highest BCUT2D eigenvalue weighted by molar-refractivity contribution is 5.27. The Hall–Kier alpha value is -1.58. The molecule has 2 aromatic rings. The molecule has 0 bridgehead atoms. The van der Waals surface area contributed by atoms with Crippen LogP contribution >= 0.6 is 0 Å². The van der Waals surface area contributed by atoms with Crippen LogP contribution in [-0.4, -0.2) is 37.7 Å². The fourth-order valence-electron chi connectivity index (χ4n) is 3.29. The van der Waals surface area contributed by atoms with Crippen molar-refractivity contribution in [1.82, 2.24) is 4.90 Å². The summed E-state index contributed by atoms with van der Waals surface area (Å²) in [4.78, 5) is 2.49. The van der Waals surface area contributed by atoms with Crippen LogP contribution in [0.4, 0.5) is 0 Å². The van der Waals surface area contributed by atoms with Gasteiger partial charge in [0.05, 0.1) is 6.26 Å². The van der Waals surface area contributed by atoms with Gasteiger partial charge in [0.1, 0.15) is 5.76 Å². The normalized spacial score (nSPS) is 17.7. The third kappa shape index (κ3) is 3.79. The standard InChI is InChI=1S/C19H25NO2/c1-20(17-10-14-21-15-11-17)12-9-18(19-8-5-13-22-19)16-6-3-2-4-7-16/h2-8,13,17-18H,9-12,14-15H2,1H3/t18-/m1/s1. The number of nitrogens with zero attached hydrogens (tertiary/aromatic N) is 1. The van der Waals surface area contributed by atoms with Gasteiger partial charge < -0.3 is 14.1 Å². The van der Waals surface area contributed by atoms with E-state index >= 15 is 0 Å². The van der Waals surface area contributed by atoms with Crippen LogP contribution in [0.25, 0.3) is 0 Å². The molecule has 0 aliphatic carbocycles. The quantitative estimate of drug-likeness (QED) is 0.808. The number of hydrogen-bond acceptors (Lipinski definition) is 3. The Morgan fingerprint density at radius 3 is 2.55 bits per heavy atom. The van der Waals surface area contributed by atoms with E-state index in [1.165, 1.54) is 5.56 Å². The summed E-state index contributed by atoms with van der Waals surface area (Å²) < 4.78 is 11.2. The van der Waals surface area contributed by atoms with Crippen LogP contribution in [0.3, 0.4) is 0 Å². The van der Waals surface area contributed by atoms with Crippen LogP contribution in [0.1, 0.15) is 36.5 Å². The summed E-state index contributed by atoms with van der Waals surface area (Å²) in [6.07, 6.45) is 5.14. The van der Waals surface area contributed by atoms with Gasteiger partial charge in [-0.05, 0) is 50.6 Å². The average molecular weight is 299 g/mol. The average Bonchev–Trinajstić information content (AvgIpc) is 3.11. The zero-order chi connectivity index (χ0) is 15.2. The Kier molecular flexibility index (Phi) is 5.30. The third-order valence-corrected chi connectivity index (χ3v) is 4.67. The maximum Gasteiger partial charge on any atom is 0.111 e. The second kappa shape index (κ2) is 7.61. The first-order valence-electron chi connectivity index (χ1n) is 8.21. The van der Waals surface area contributed by atoms with E-state index in [4.69, 9.17) is 9.15 Å². The van der Waals surface area contributed by atoms with E-state index in [-0.39, 0.29) is 0 Å². The molecule has 3 heteroatoms. The molecule has 1 aromatic heterocycles. The molecule has 0 N–H and O–H groups in total. The number of hydrogen-bond donors (Lipinski definition) is 0. The lowest BCUT2D eigenvalue weighted by Crippen LogP contribution is -2.37. The lowest BCUT2D eigenvalue weighted by Gasteiger charge is -2.32. The van der Waals surface area contributed by atoms with E-state index in [2.05, 4.69) is 48.3 Å². The fourth-order valence-corrected chi connectivity index (χ4v) is 3.29. The summed E-state index contributed by atoms with van der Waals surface area (Å²) in [5.41, 5.74) is 1.33. The van der Waals surface area contributed by atoms with Crippen molar-refractivity contribution in [2.45, 2.75) is 31.2 Å². The van der Waals surface area contributed by atoms with Gasteiger partial charge in [-0.1, -0.05) is 30.3 Å². The SMILES string of the molecule is CN(CC[C@H](c1ccccc1)c1ccco1)C1CCOCC1. The number of rotatable bonds is 6. The number of ether oxygens (including phenoxy) is 1. The molecule has 3 rings (SSSR count). The van der Waals surface area contributed by atoms with Crippen molar-refractivity contribution in [3.05, 3.63) is 60.1 Å². The predicted octanol–water partition coefficient (Wildman–Crippen LogP) is 3.91. The lowest BCUT2D eigenvalue weighted by molar-refractivity contribution is 0.0423. The molecule has 0 radical (unpaired) electrons. The topological polar surface area (TPSA) is 25.6 Å². The van der Waals surface area contributed by atoms with Gasteiger partial charge in [0.15, 0.2) is 0 Å². The molecule has 1 saturated heterocycles. The van der Waals surface area contributed by atoms with Gasteiger partial charge in [-0.3, -0.25) is 0 Å². The van der Waals surface area contributed by atoms with Crippen molar-refractivity contribution >= 4 is 0 Å². The molecule has 2 heterocycles. The molecule has 3 nitrogen and oxygen atoms in total. The van der Waals surface area contributed by atoms with Gasteiger partial charge in [0.25, 0.3) is 0 Å². The third-order valence-electron chi connectivity index (χ3n) is 4.67. The Bertz CT molecular complexity index is 532. The van der Waals surface area contributed by atoms with Gasteiger partial charge >= 0.3 is 0 Å². The van der Waals surface area contributed by atoms with Crippen LogP contribution in [0.15, 0.2) is 53.1 Å². The number of furan rings is 1. The monoisotopic (exact) mass is 299 g/mol. The Labute approximate surface area is 132 Å². The summed E-state index contributed by atoms with van der Waals surface area (Å²) in [6.45, 7) is 2.87. The minimum atomic E-state index is 0.332. The van der Waals surface area contributed by atoms with E-state index in [9.17, 15) is 0 Å². The summed E-state index contributed by atoms with van der Waals surface area (Å²) in [7, 11) is 2.24. The summed E-state index contributed by atoms with van der Waals surface area (Å²) in [6, 6.07) is 15.4. The van der Waals surface area contributed by atoms with Crippen LogP contribution in [0.5, 0.6) is 0 Å². The fraction of sp³-hybridized carbons (Fsp3) is 0.474. The predicted molar refractivity (Wildman–Crippen MR) is 88.1 cm³/mol. The summed E-state index contributed by atoms with van der Waals surface area (Å²) in [5.74, 6) is 1.39. The maximum absolute atomic E-state index is 5.69. The molecule has 1 aromatic carbocycles. The second-order valence-corrected chi connectivity index (χ2v) is 6.09. The molecule has 0 spiro atoms. The molecular formula is C19H25NO2. The Morgan fingerprint density at radius 1 is 1.09 bits per heavy atom. The molecule has 118 valence electrons. The Balaban J connectivity index is 1.66. The largest absolute Gasteiger partial charge is 0.469 e. The van der Waals surface area contributed by atoms with E-state index < -0.39 is 0 Å². The minimum absolute atomic E-state index is 0.332. The molecule has 1 aliphatic rings. The van der Waals surface area contributed by atoms with E-state index in [0.717, 1.165) is 44.8 Å². The van der Waals surface area contributed by atoms with E-state index in [0.29, 0.717) is 12.0 Å². The van der Waals surface area contributed by atoms with E-state index in [1.54, 1.807) is 6.26 Å². The van der Waals surface area contributed by atoms with Gasteiger partial charge in [-0.15, -0.1) is 0 Å². The zero-order valence-electron chi connectivity index (χ0n) is 13.3. The van der Waals surface area contributed by atoms with Gasteiger partial charge in [-0.2, -0.15) is 0 Å². The van der Waals surface area contributed by atoms with E-state index in [1.807, 2.05) is 6.07 Å². The van der Waals surface area contributed by atoms with Crippen molar-refractivity contribution in [2.75, 3.05) is 26.8 Å². The molecule has 1 aliphatic heterocycles. The minimum Gasteiger partial charge on any atom is -0.469 e. The first kappa shape index (κ1) is 15.3. The van der Waals surface area contributed by atoms with Crippen molar-refractivity contribution in [1.29, 1.82) is 0 Å².